The molecule has 162 valence electrons. The predicted octanol–water partition coefficient (Wildman–Crippen LogP) is 1.88. The van der Waals surface area contributed by atoms with E-state index in [9.17, 15) is 8.42 Å². The van der Waals surface area contributed by atoms with Crippen molar-refractivity contribution in [3.63, 3.8) is 0 Å². The number of anilines is 1. The summed E-state index contributed by atoms with van der Waals surface area (Å²) in [6.07, 6.45) is 5.35. The van der Waals surface area contributed by atoms with Crippen LogP contribution in [0.15, 0.2) is 35.3 Å². The van der Waals surface area contributed by atoms with Crippen molar-refractivity contribution in [3.05, 3.63) is 30.3 Å². The van der Waals surface area contributed by atoms with Gasteiger partial charge in [0, 0.05) is 51.0 Å². The molecule has 0 bridgehead atoms. The third kappa shape index (κ3) is 6.60. The first-order valence-electron chi connectivity index (χ1n) is 10.8. The Labute approximate surface area is 175 Å². The Hall–Kier alpha value is -1.80. The molecule has 7 nitrogen and oxygen atoms in total. The van der Waals surface area contributed by atoms with E-state index in [0.29, 0.717) is 25.0 Å². The summed E-state index contributed by atoms with van der Waals surface area (Å²) in [5, 5.41) is 6.99. The van der Waals surface area contributed by atoms with E-state index in [0.717, 1.165) is 57.8 Å². The van der Waals surface area contributed by atoms with Crippen LogP contribution in [0.5, 0.6) is 0 Å². The number of guanidine groups is 1. The highest BCUT2D eigenvalue weighted by molar-refractivity contribution is 7.88. The molecule has 2 saturated heterocycles. The highest BCUT2D eigenvalue weighted by Gasteiger charge is 2.25. The Morgan fingerprint density at radius 2 is 1.86 bits per heavy atom. The monoisotopic (exact) mass is 421 g/mol. The van der Waals surface area contributed by atoms with Crippen molar-refractivity contribution in [2.75, 3.05) is 50.4 Å². The van der Waals surface area contributed by atoms with Crippen LogP contribution in [0, 0.1) is 5.92 Å². The molecule has 2 fully saturated rings. The molecule has 0 radical (unpaired) electrons. The van der Waals surface area contributed by atoms with E-state index >= 15 is 0 Å². The van der Waals surface area contributed by atoms with Gasteiger partial charge in [-0.2, -0.15) is 0 Å². The molecule has 1 unspecified atom stereocenters. The zero-order valence-corrected chi connectivity index (χ0v) is 18.5. The van der Waals surface area contributed by atoms with E-state index in [1.54, 1.807) is 4.31 Å². The number of nitrogens with one attached hydrogen (secondary N) is 2. The molecule has 2 heterocycles. The first kappa shape index (κ1) is 21.9. The SMILES string of the molecule is CCNC(=NCC1CCN(S(C)(=O)=O)CC1)NC1CCCN(c2ccccc2)C1. The van der Waals surface area contributed by atoms with Gasteiger partial charge >= 0.3 is 0 Å². The van der Waals surface area contributed by atoms with Crippen LogP contribution in [0.3, 0.4) is 0 Å². The highest BCUT2D eigenvalue weighted by Crippen LogP contribution is 2.20. The molecule has 0 spiro atoms. The fourth-order valence-corrected chi connectivity index (χ4v) is 5.00. The minimum Gasteiger partial charge on any atom is -0.369 e. The largest absolute Gasteiger partial charge is 0.369 e. The second-order valence-corrected chi connectivity index (χ2v) is 10.1. The van der Waals surface area contributed by atoms with Gasteiger partial charge in [-0.15, -0.1) is 0 Å². The molecule has 0 aromatic heterocycles. The van der Waals surface area contributed by atoms with Gasteiger partial charge in [0.15, 0.2) is 5.96 Å². The van der Waals surface area contributed by atoms with Gasteiger partial charge in [0.1, 0.15) is 0 Å². The number of hydrogen-bond donors (Lipinski definition) is 2. The van der Waals surface area contributed by atoms with Crippen molar-refractivity contribution in [3.8, 4) is 0 Å². The van der Waals surface area contributed by atoms with Crippen LogP contribution in [0.2, 0.25) is 0 Å². The maximum absolute atomic E-state index is 11.7. The number of nitrogens with zero attached hydrogens (tertiary/aromatic N) is 3. The molecule has 2 aliphatic heterocycles. The fourth-order valence-electron chi connectivity index (χ4n) is 4.13. The number of para-hydroxylation sites is 1. The molecule has 0 saturated carbocycles. The molecular weight excluding hydrogens is 386 g/mol. The highest BCUT2D eigenvalue weighted by atomic mass is 32.2. The summed E-state index contributed by atoms with van der Waals surface area (Å²) < 4.78 is 24.9. The molecule has 0 amide bonds. The van der Waals surface area contributed by atoms with Crippen molar-refractivity contribution in [1.29, 1.82) is 0 Å². The minimum atomic E-state index is -3.07. The van der Waals surface area contributed by atoms with Crippen LogP contribution in [-0.2, 0) is 10.0 Å². The zero-order valence-electron chi connectivity index (χ0n) is 17.7. The van der Waals surface area contributed by atoms with E-state index < -0.39 is 10.0 Å². The molecule has 0 aliphatic carbocycles. The summed E-state index contributed by atoms with van der Waals surface area (Å²) in [7, 11) is -3.07. The third-order valence-corrected chi connectivity index (χ3v) is 7.08. The molecule has 1 aromatic rings. The van der Waals surface area contributed by atoms with Crippen LogP contribution < -0.4 is 15.5 Å². The van der Waals surface area contributed by atoms with Crippen LogP contribution in [0.4, 0.5) is 5.69 Å². The number of aliphatic imine (C=N–C) groups is 1. The molecule has 2 aliphatic rings. The van der Waals surface area contributed by atoms with Crippen molar-refractivity contribution in [2.24, 2.45) is 10.9 Å². The van der Waals surface area contributed by atoms with Gasteiger partial charge in [-0.25, -0.2) is 12.7 Å². The lowest BCUT2D eigenvalue weighted by molar-refractivity contribution is 0.280. The Morgan fingerprint density at radius 1 is 1.14 bits per heavy atom. The Bertz CT molecular complexity index is 761. The Balaban J connectivity index is 1.53. The maximum atomic E-state index is 11.7. The summed E-state index contributed by atoms with van der Waals surface area (Å²) >= 11 is 0. The van der Waals surface area contributed by atoms with Crippen LogP contribution in [0.1, 0.15) is 32.6 Å². The van der Waals surface area contributed by atoms with Gasteiger partial charge in [0.05, 0.1) is 6.26 Å². The number of piperidine rings is 2. The number of rotatable bonds is 6. The summed E-state index contributed by atoms with van der Waals surface area (Å²) in [5.41, 5.74) is 1.28. The quantitative estimate of drug-likeness (QED) is 0.542. The number of hydrogen-bond acceptors (Lipinski definition) is 4. The van der Waals surface area contributed by atoms with Gasteiger partial charge in [0.2, 0.25) is 10.0 Å². The van der Waals surface area contributed by atoms with Crippen molar-refractivity contribution in [2.45, 2.75) is 38.6 Å². The molecule has 29 heavy (non-hydrogen) atoms. The van der Waals surface area contributed by atoms with Gasteiger partial charge in [-0.3, -0.25) is 4.99 Å². The maximum Gasteiger partial charge on any atom is 0.211 e. The van der Waals surface area contributed by atoms with Crippen LogP contribution in [0.25, 0.3) is 0 Å². The second-order valence-electron chi connectivity index (χ2n) is 8.09. The zero-order chi connectivity index (χ0) is 20.7. The van der Waals surface area contributed by atoms with Crippen molar-refractivity contribution < 1.29 is 8.42 Å². The van der Waals surface area contributed by atoms with Crippen LogP contribution in [-0.4, -0.2) is 70.2 Å². The Kier molecular flexibility index (Phi) is 7.77. The smallest absolute Gasteiger partial charge is 0.211 e. The van der Waals surface area contributed by atoms with E-state index in [-0.39, 0.29) is 0 Å². The van der Waals surface area contributed by atoms with Gasteiger partial charge < -0.3 is 15.5 Å². The first-order valence-corrected chi connectivity index (χ1v) is 12.6. The normalized spacial score (nSPS) is 22.5. The molecular formula is C21H35N5O2S. The molecule has 8 heteroatoms. The summed E-state index contributed by atoms with van der Waals surface area (Å²) in [4.78, 5) is 7.26. The summed E-state index contributed by atoms with van der Waals surface area (Å²) in [5.74, 6) is 1.31. The number of benzene rings is 1. The minimum absolute atomic E-state index is 0.369. The Morgan fingerprint density at radius 3 is 2.52 bits per heavy atom. The molecule has 1 aromatic carbocycles. The third-order valence-electron chi connectivity index (χ3n) is 5.78. The van der Waals surface area contributed by atoms with Crippen molar-refractivity contribution >= 4 is 21.7 Å². The van der Waals surface area contributed by atoms with E-state index in [1.807, 2.05) is 0 Å². The van der Waals surface area contributed by atoms with Gasteiger partial charge in [0.25, 0.3) is 0 Å². The topological polar surface area (TPSA) is 77.0 Å². The average Bonchev–Trinajstić information content (AvgIpc) is 2.73. The lowest BCUT2D eigenvalue weighted by Gasteiger charge is -2.35. The molecule has 2 N–H and O–H groups in total. The predicted molar refractivity (Wildman–Crippen MR) is 120 cm³/mol. The van der Waals surface area contributed by atoms with E-state index in [2.05, 4.69) is 52.8 Å². The first-order chi connectivity index (χ1) is 14.0. The van der Waals surface area contributed by atoms with Crippen LogP contribution >= 0.6 is 0 Å². The standard InChI is InChI=1S/C21H35N5O2S/c1-3-22-21(23-16-18-11-14-26(15-12-18)29(2,27)28)24-19-8-7-13-25(17-19)20-9-5-4-6-10-20/h4-6,9-10,18-19H,3,7-8,11-17H2,1-2H3,(H2,22,23,24). The van der Waals surface area contributed by atoms with Crippen molar-refractivity contribution in [1.82, 2.24) is 14.9 Å². The number of sulfonamides is 1. The summed E-state index contributed by atoms with van der Waals surface area (Å²) in [6, 6.07) is 10.9. The molecule has 3 rings (SSSR count). The molecule has 1 atom stereocenters. The van der Waals surface area contributed by atoms with Gasteiger partial charge in [-0.05, 0) is 50.7 Å². The summed E-state index contributed by atoms with van der Waals surface area (Å²) in [6.45, 7) is 6.93. The average molecular weight is 422 g/mol. The lowest BCUT2D eigenvalue weighted by Crippen LogP contribution is -2.51. The van der Waals surface area contributed by atoms with E-state index in [4.69, 9.17) is 4.99 Å². The lowest BCUT2D eigenvalue weighted by atomic mass is 9.98. The van der Waals surface area contributed by atoms with E-state index in [1.165, 1.54) is 11.9 Å². The second kappa shape index (κ2) is 10.3. The van der Waals surface area contributed by atoms with Gasteiger partial charge in [-0.1, -0.05) is 18.2 Å². The fraction of sp³-hybridized carbons (Fsp3) is 0.667.